The Kier molecular flexibility index (Phi) is 8.30. The van der Waals surface area contributed by atoms with E-state index >= 15 is 0 Å². The van der Waals surface area contributed by atoms with Gasteiger partial charge in [-0.3, -0.25) is 9.59 Å². The Labute approximate surface area is 161 Å². The molecule has 0 bridgehead atoms. The van der Waals surface area contributed by atoms with Crippen LogP contribution in [0.4, 0.5) is 0 Å². The van der Waals surface area contributed by atoms with Crippen LogP contribution in [0.5, 0.6) is 5.75 Å². The van der Waals surface area contributed by atoms with E-state index in [-0.39, 0.29) is 36.7 Å². The van der Waals surface area contributed by atoms with E-state index in [9.17, 15) is 14.4 Å². The molecule has 1 aromatic carbocycles. The number of piperidine rings is 1. The molecule has 0 radical (unpaired) electrons. The third-order valence-corrected chi connectivity index (χ3v) is 4.74. The van der Waals surface area contributed by atoms with Gasteiger partial charge in [0, 0.05) is 32.0 Å². The summed E-state index contributed by atoms with van der Waals surface area (Å²) in [6, 6.07) is 7.89. The van der Waals surface area contributed by atoms with Crippen molar-refractivity contribution < 1.29 is 19.1 Å². The number of benzene rings is 1. The summed E-state index contributed by atoms with van der Waals surface area (Å²) in [5.74, 6) is 0.597. The number of carbonyl (C=O) groups excluding carboxylic acids is 3. The largest absolute Gasteiger partial charge is 0.484 e. The highest BCUT2D eigenvalue weighted by Gasteiger charge is 2.23. The number of nitrogens with zero attached hydrogens (tertiary/aromatic N) is 1. The fourth-order valence-electron chi connectivity index (χ4n) is 3.17. The van der Waals surface area contributed by atoms with Gasteiger partial charge in [-0.1, -0.05) is 25.5 Å². The van der Waals surface area contributed by atoms with Crippen molar-refractivity contribution in [3.63, 3.8) is 0 Å². The van der Waals surface area contributed by atoms with E-state index in [2.05, 4.69) is 12.2 Å². The lowest BCUT2D eigenvalue weighted by molar-refractivity contribution is -0.134. The normalized spacial score (nSPS) is 14.7. The average Bonchev–Trinajstić information content (AvgIpc) is 2.66. The SMILES string of the molecule is CCCc1ccc(OCC(=O)NC2CCN(C(=O)CCC(C)=O)CC2)cc1. The third-order valence-electron chi connectivity index (χ3n) is 4.74. The predicted molar refractivity (Wildman–Crippen MR) is 104 cm³/mol. The van der Waals surface area contributed by atoms with Crippen LogP contribution in [-0.2, 0) is 20.8 Å². The number of carbonyl (C=O) groups is 3. The first-order valence-corrected chi connectivity index (χ1v) is 9.76. The minimum absolute atomic E-state index is 0.00905. The van der Waals surface area contributed by atoms with Gasteiger partial charge in [-0.2, -0.15) is 0 Å². The molecule has 1 fully saturated rings. The molecular weight excluding hydrogens is 344 g/mol. The molecule has 0 atom stereocenters. The second-order valence-corrected chi connectivity index (χ2v) is 7.11. The van der Waals surface area contributed by atoms with Crippen LogP contribution >= 0.6 is 0 Å². The number of rotatable bonds is 9. The molecule has 148 valence electrons. The summed E-state index contributed by atoms with van der Waals surface area (Å²) in [5.41, 5.74) is 1.26. The van der Waals surface area contributed by atoms with E-state index in [1.165, 1.54) is 12.5 Å². The van der Waals surface area contributed by atoms with Gasteiger partial charge in [0.1, 0.15) is 11.5 Å². The van der Waals surface area contributed by atoms with Gasteiger partial charge in [0.25, 0.3) is 5.91 Å². The summed E-state index contributed by atoms with van der Waals surface area (Å²) >= 11 is 0. The van der Waals surface area contributed by atoms with Gasteiger partial charge < -0.3 is 19.7 Å². The Morgan fingerprint density at radius 3 is 2.37 bits per heavy atom. The van der Waals surface area contributed by atoms with E-state index in [0.29, 0.717) is 25.3 Å². The number of amides is 2. The van der Waals surface area contributed by atoms with Crippen LogP contribution in [0.15, 0.2) is 24.3 Å². The van der Waals surface area contributed by atoms with E-state index in [4.69, 9.17) is 4.74 Å². The standard InChI is InChI=1S/C21H30N2O4/c1-3-4-17-6-8-19(9-7-17)27-15-20(25)22-18-11-13-23(14-12-18)21(26)10-5-16(2)24/h6-9,18H,3-5,10-15H2,1-2H3,(H,22,25). The van der Waals surface area contributed by atoms with Crippen LogP contribution in [0.2, 0.25) is 0 Å². The molecular formula is C21H30N2O4. The van der Waals surface area contributed by atoms with Gasteiger partial charge in [-0.05, 0) is 43.9 Å². The van der Waals surface area contributed by atoms with Crippen LogP contribution in [0.25, 0.3) is 0 Å². The Bertz CT molecular complexity index is 634. The van der Waals surface area contributed by atoms with E-state index in [0.717, 1.165) is 25.7 Å². The summed E-state index contributed by atoms with van der Waals surface area (Å²) in [7, 11) is 0. The lowest BCUT2D eigenvalue weighted by Crippen LogP contribution is -2.47. The van der Waals surface area contributed by atoms with Crippen molar-refractivity contribution >= 4 is 17.6 Å². The first kappa shape index (κ1) is 20.9. The van der Waals surface area contributed by atoms with E-state index < -0.39 is 0 Å². The van der Waals surface area contributed by atoms with Gasteiger partial charge in [0.05, 0.1) is 0 Å². The van der Waals surface area contributed by atoms with Crippen molar-refractivity contribution in [3.05, 3.63) is 29.8 Å². The molecule has 1 aliphatic rings. The second-order valence-electron chi connectivity index (χ2n) is 7.11. The molecule has 0 aromatic heterocycles. The molecule has 6 nitrogen and oxygen atoms in total. The minimum atomic E-state index is -0.144. The number of nitrogens with one attached hydrogen (secondary N) is 1. The molecule has 1 aromatic rings. The summed E-state index contributed by atoms with van der Waals surface area (Å²) in [6.07, 6.45) is 4.16. The van der Waals surface area contributed by atoms with Gasteiger partial charge >= 0.3 is 0 Å². The number of ether oxygens (including phenoxy) is 1. The van der Waals surface area contributed by atoms with Gasteiger partial charge in [0.2, 0.25) is 5.91 Å². The van der Waals surface area contributed by atoms with Crippen molar-refractivity contribution in [3.8, 4) is 5.75 Å². The van der Waals surface area contributed by atoms with Crippen molar-refractivity contribution in [1.29, 1.82) is 0 Å². The average molecular weight is 374 g/mol. The quantitative estimate of drug-likeness (QED) is 0.721. The summed E-state index contributed by atoms with van der Waals surface area (Å²) in [6.45, 7) is 4.85. The molecule has 1 N–H and O–H groups in total. The van der Waals surface area contributed by atoms with Crippen molar-refractivity contribution in [2.24, 2.45) is 0 Å². The molecule has 6 heteroatoms. The summed E-state index contributed by atoms with van der Waals surface area (Å²) in [4.78, 5) is 36.9. The predicted octanol–water partition coefficient (Wildman–Crippen LogP) is 2.49. The molecule has 2 rings (SSSR count). The van der Waals surface area contributed by atoms with Gasteiger partial charge in [0.15, 0.2) is 6.61 Å². The smallest absolute Gasteiger partial charge is 0.258 e. The highest BCUT2D eigenvalue weighted by Crippen LogP contribution is 2.14. The summed E-state index contributed by atoms with van der Waals surface area (Å²) in [5, 5.41) is 2.97. The van der Waals surface area contributed by atoms with Crippen LogP contribution in [0.3, 0.4) is 0 Å². The van der Waals surface area contributed by atoms with E-state index in [1.54, 1.807) is 4.90 Å². The Morgan fingerprint density at radius 2 is 1.78 bits per heavy atom. The highest BCUT2D eigenvalue weighted by molar-refractivity contribution is 5.83. The second kappa shape index (κ2) is 10.7. The number of Topliss-reactive ketones (excluding diaryl/α,β-unsaturated/α-hetero) is 1. The van der Waals surface area contributed by atoms with E-state index in [1.807, 2.05) is 24.3 Å². The summed E-state index contributed by atoms with van der Waals surface area (Å²) < 4.78 is 5.55. The minimum Gasteiger partial charge on any atom is -0.484 e. The molecule has 0 unspecified atom stereocenters. The highest BCUT2D eigenvalue weighted by atomic mass is 16.5. The maximum absolute atomic E-state index is 12.1. The van der Waals surface area contributed by atoms with Gasteiger partial charge in [-0.15, -0.1) is 0 Å². The molecule has 27 heavy (non-hydrogen) atoms. The van der Waals surface area contributed by atoms with Crippen molar-refractivity contribution in [1.82, 2.24) is 10.2 Å². The lowest BCUT2D eigenvalue weighted by Gasteiger charge is -2.32. The lowest BCUT2D eigenvalue weighted by atomic mass is 10.0. The van der Waals surface area contributed by atoms with Crippen LogP contribution in [0.1, 0.15) is 51.5 Å². The monoisotopic (exact) mass is 374 g/mol. The zero-order chi connectivity index (χ0) is 19.6. The fourth-order valence-corrected chi connectivity index (χ4v) is 3.17. The van der Waals surface area contributed by atoms with Crippen LogP contribution in [0, 0.1) is 0 Å². The molecule has 0 spiro atoms. The third kappa shape index (κ3) is 7.41. The van der Waals surface area contributed by atoms with Crippen molar-refractivity contribution in [2.75, 3.05) is 19.7 Å². The number of hydrogen-bond donors (Lipinski definition) is 1. The Hall–Kier alpha value is -2.37. The molecule has 1 saturated heterocycles. The topological polar surface area (TPSA) is 75.7 Å². The first-order valence-electron chi connectivity index (χ1n) is 9.76. The van der Waals surface area contributed by atoms with Crippen LogP contribution in [-0.4, -0.2) is 48.2 Å². The molecule has 0 aliphatic carbocycles. The Balaban J connectivity index is 1.66. The first-order chi connectivity index (χ1) is 13.0. The maximum Gasteiger partial charge on any atom is 0.258 e. The molecule has 1 heterocycles. The van der Waals surface area contributed by atoms with Gasteiger partial charge in [-0.25, -0.2) is 0 Å². The van der Waals surface area contributed by atoms with Crippen molar-refractivity contribution in [2.45, 2.75) is 58.4 Å². The molecule has 2 amide bonds. The zero-order valence-corrected chi connectivity index (χ0v) is 16.3. The number of hydrogen-bond acceptors (Lipinski definition) is 4. The molecule has 0 saturated carbocycles. The number of aryl methyl sites for hydroxylation is 1. The number of likely N-dealkylation sites (tertiary alicyclic amines) is 1. The number of ketones is 1. The molecule has 1 aliphatic heterocycles. The maximum atomic E-state index is 12.1. The Morgan fingerprint density at radius 1 is 1.11 bits per heavy atom. The van der Waals surface area contributed by atoms with Crippen LogP contribution < -0.4 is 10.1 Å². The zero-order valence-electron chi connectivity index (χ0n) is 16.3. The fraction of sp³-hybridized carbons (Fsp3) is 0.571.